The summed E-state index contributed by atoms with van der Waals surface area (Å²) in [7, 11) is 1.68. The molecule has 1 saturated heterocycles. The number of rotatable bonds is 6. The fourth-order valence-electron chi connectivity index (χ4n) is 4.22. The van der Waals surface area contributed by atoms with Crippen molar-refractivity contribution in [3.05, 3.63) is 47.2 Å². The maximum absolute atomic E-state index is 13.0. The predicted molar refractivity (Wildman–Crippen MR) is 115 cm³/mol. The molecule has 8 nitrogen and oxygen atoms in total. The Morgan fingerprint density at radius 2 is 1.77 bits per heavy atom. The van der Waals surface area contributed by atoms with Crippen molar-refractivity contribution in [3.8, 4) is 0 Å². The Bertz CT molecular complexity index is 873. The van der Waals surface area contributed by atoms with Crippen LogP contribution in [0.25, 0.3) is 0 Å². The summed E-state index contributed by atoms with van der Waals surface area (Å²) in [6.07, 6.45) is 2.02. The highest BCUT2D eigenvalue weighted by molar-refractivity contribution is 5.95. The van der Waals surface area contributed by atoms with Crippen LogP contribution in [0.3, 0.4) is 0 Å². The first kappa shape index (κ1) is 21.4. The van der Waals surface area contributed by atoms with E-state index >= 15 is 0 Å². The van der Waals surface area contributed by atoms with Gasteiger partial charge in [0.1, 0.15) is 0 Å². The summed E-state index contributed by atoms with van der Waals surface area (Å²) < 4.78 is 5.37. The minimum absolute atomic E-state index is 0.226. The van der Waals surface area contributed by atoms with Gasteiger partial charge in [-0.15, -0.1) is 0 Å². The number of amides is 3. The third-order valence-corrected chi connectivity index (χ3v) is 6.19. The molecule has 166 valence electrons. The van der Waals surface area contributed by atoms with Crippen LogP contribution in [0.4, 0.5) is 4.79 Å². The molecule has 3 aliphatic rings. The Hall–Kier alpha value is -2.87. The molecule has 1 saturated carbocycles. The number of nitrogens with one attached hydrogen (secondary N) is 1. The lowest BCUT2D eigenvalue weighted by atomic mass is 9.94. The summed E-state index contributed by atoms with van der Waals surface area (Å²) in [6.45, 7) is 5.26. The van der Waals surface area contributed by atoms with Gasteiger partial charge in [-0.25, -0.2) is 9.59 Å². The van der Waals surface area contributed by atoms with Crippen molar-refractivity contribution in [2.75, 3.05) is 46.4 Å². The van der Waals surface area contributed by atoms with Crippen LogP contribution in [0.2, 0.25) is 0 Å². The molecule has 2 aliphatic heterocycles. The molecule has 4 rings (SSSR count). The van der Waals surface area contributed by atoms with Crippen molar-refractivity contribution in [1.29, 1.82) is 0 Å². The molecule has 0 spiro atoms. The van der Waals surface area contributed by atoms with Gasteiger partial charge >= 0.3 is 12.0 Å². The Balaban J connectivity index is 1.58. The van der Waals surface area contributed by atoms with E-state index in [0.717, 1.165) is 18.4 Å². The number of benzene rings is 1. The smallest absolute Gasteiger partial charge is 0.338 e. The van der Waals surface area contributed by atoms with Gasteiger partial charge in [0.2, 0.25) is 5.91 Å². The second-order valence-electron chi connectivity index (χ2n) is 8.31. The minimum atomic E-state index is -0.559. The van der Waals surface area contributed by atoms with E-state index in [4.69, 9.17) is 4.74 Å². The molecule has 0 radical (unpaired) electrons. The van der Waals surface area contributed by atoms with Crippen LogP contribution in [-0.4, -0.2) is 79.0 Å². The number of hydrogen-bond donors (Lipinski definition) is 1. The maximum atomic E-state index is 13.0. The largest absolute Gasteiger partial charge is 0.463 e. The summed E-state index contributed by atoms with van der Waals surface area (Å²) >= 11 is 0. The molecule has 1 aromatic rings. The molecule has 8 heteroatoms. The highest BCUT2D eigenvalue weighted by Crippen LogP contribution is 2.33. The second-order valence-corrected chi connectivity index (χ2v) is 8.31. The van der Waals surface area contributed by atoms with Gasteiger partial charge in [0.05, 0.1) is 18.2 Å². The van der Waals surface area contributed by atoms with Crippen molar-refractivity contribution in [2.24, 2.45) is 5.92 Å². The Morgan fingerprint density at radius 3 is 2.39 bits per heavy atom. The lowest BCUT2D eigenvalue weighted by Crippen LogP contribution is -2.53. The number of hydrogen-bond acceptors (Lipinski definition) is 5. The summed E-state index contributed by atoms with van der Waals surface area (Å²) in [4.78, 5) is 43.7. The number of likely N-dealkylation sites (N-methyl/N-ethyl adjacent to an activating group) is 1. The van der Waals surface area contributed by atoms with Crippen LogP contribution in [0.5, 0.6) is 0 Å². The third-order valence-electron chi connectivity index (χ3n) is 6.19. The van der Waals surface area contributed by atoms with E-state index < -0.39 is 12.0 Å². The van der Waals surface area contributed by atoms with Crippen molar-refractivity contribution in [2.45, 2.75) is 25.8 Å². The first-order valence-electron chi connectivity index (χ1n) is 11.0. The average Bonchev–Trinajstić information content (AvgIpc) is 3.63. The van der Waals surface area contributed by atoms with Crippen LogP contribution in [0.1, 0.15) is 31.4 Å². The van der Waals surface area contributed by atoms with E-state index in [1.54, 1.807) is 14.0 Å². The van der Waals surface area contributed by atoms with E-state index in [-0.39, 0.29) is 24.5 Å². The summed E-state index contributed by atoms with van der Waals surface area (Å²) in [6, 6.07) is 8.66. The first-order valence-corrected chi connectivity index (χ1v) is 11.0. The van der Waals surface area contributed by atoms with Gasteiger partial charge in [0.15, 0.2) is 0 Å². The zero-order valence-corrected chi connectivity index (χ0v) is 18.2. The molecule has 2 fully saturated rings. The lowest BCUT2D eigenvalue weighted by Gasteiger charge is -2.39. The van der Waals surface area contributed by atoms with Crippen LogP contribution in [0, 0.1) is 5.92 Å². The van der Waals surface area contributed by atoms with Crippen LogP contribution in [0.15, 0.2) is 41.6 Å². The highest BCUT2D eigenvalue weighted by atomic mass is 16.5. The molecule has 1 atom stereocenters. The summed E-state index contributed by atoms with van der Waals surface area (Å²) in [5, 5.41) is 2.94. The number of nitrogens with zero attached hydrogens (tertiary/aromatic N) is 3. The van der Waals surface area contributed by atoms with Crippen LogP contribution >= 0.6 is 0 Å². The number of piperazine rings is 1. The Morgan fingerprint density at radius 1 is 1.10 bits per heavy atom. The molecule has 31 heavy (non-hydrogen) atoms. The monoisotopic (exact) mass is 426 g/mol. The van der Waals surface area contributed by atoms with E-state index in [1.165, 1.54) is 4.90 Å². The van der Waals surface area contributed by atoms with Crippen molar-refractivity contribution in [1.82, 2.24) is 20.0 Å². The number of carbonyl (C=O) groups is 3. The second kappa shape index (κ2) is 9.09. The summed E-state index contributed by atoms with van der Waals surface area (Å²) in [5.74, 6) is 0.0783. The molecule has 2 heterocycles. The molecular formula is C23H30N4O4. The van der Waals surface area contributed by atoms with Crippen molar-refractivity contribution < 1.29 is 19.1 Å². The molecule has 1 N–H and O–H groups in total. The van der Waals surface area contributed by atoms with Gasteiger partial charge in [0.25, 0.3) is 0 Å². The fraction of sp³-hybridized carbons (Fsp3) is 0.522. The zero-order valence-electron chi connectivity index (χ0n) is 18.2. The van der Waals surface area contributed by atoms with E-state index in [1.807, 2.05) is 35.2 Å². The van der Waals surface area contributed by atoms with Crippen LogP contribution in [-0.2, 0) is 14.3 Å². The third kappa shape index (κ3) is 4.58. The number of esters is 1. The zero-order chi connectivity index (χ0) is 22.0. The maximum Gasteiger partial charge on any atom is 0.338 e. The number of ether oxygens (including phenoxy) is 1. The molecular weight excluding hydrogens is 396 g/mol. The SMILES string of the molecule is CCOC(=O)C1=C(CN2CCN(C(=O)C3CC3)CC2)N(C)C(=O)NC1c1ccccc1. The molecule has 0 aromatic heterocycles. The Kier molecular flexibility index (Phi) is 6.27. The normalized spacial score (nSPS) is 22.4. The molecule has 1 aromatic carbocycles. The van der Waals surface area contributed by atoms with E-state index in [9.17, 15) is 14.4 Å². The summed E-state index contributed by atoms with van der Waals surface area (Å²) in [5.41, 5.74) is 1.95. The molecule has 1 unspecified atom stereocenters. The highest BCUT2D eigenvalue weighted by Gasteiger charge is 2.38. The average molecular weight is 427 g/mol. The van der Waals surface area contributed by atoms with Gasteiger partial charge < -0.3 is 15.0 Å². The van der Waals surface area contributed by atoms with Gasteiger partial charge in [0, 0.05) is 51.4 Å². The van der Waals surface area contributed by atoms with Gasteiger partial charge in [-0.2, -0.15) is 0 Å². The van der Waals surface area contributed by atoms with Gasteiger partial charge in [-0.05, 0) is 25.3 Å². The van der Waals surface area contributed by atoms with Crippen molar-refractivity contribution >= 4 is 17.9 Å². The van der Waals surface area contributed by atoms with E-state index in [2.05, 4.69) is 10.2 Å². The molecule has 0 bridgehead atoms. The molecule has 1 aliphatic carbocycles. The predicted octanol–water partition coefficient (Wildman–Crippen LogP) is 1.75. The number of carbonyl (C=O) groups excluding carboxylic acids is 3. The van der Waals surface area contributed by atoms with Gasteiger partial charge in [-0.3, -0.25) is 14.6 Å². The minimum Gasteiger partial charge on any atom is -0.463 e. The fourth-order valence-corrected chi connectivity index (χ4v) is 4.22. The molecule has 3 amide bonds. The van der Waals surface area contributed by atoms with E-state index in [0.29, 0.717) is 44.0 Å². The number of urea groups is 1. The first-order chi connectivity index (χ1) is 15.0. The lowest BCUT2D eigenvalue weighted by molar-refractivity contribution is -0.139. The van der Waals surface area contributed by atoms with Crippen molar-refractivity contribution in [3.63, 3.8) is 0 Å². The quantitative estimate of drug-likeness (QED) is 0.701. The van der Waals surface area contributed by atoms with Gasteiger partial charge in [-0.1, -0.05) is 30.3 Å². The topological polar surface area (TPSA) is 82.2 Å². The Labute approximate surface area is 182 Å². The standard InChI is InChI=1S/C23H30N4O4/c1-3-31-22(29)19-18(15-26-11-13-27(14-12-26)21(28)17-9-10-17)25(2)23(30)24-20(19)16-7-5-4-6-8-16/h4-8,17,20H,3,9-15H2,1-2H3,(H,24,30). The van der Waals surface area contributed by atoms with Crippen LogP contribution < -0.4 is 5.32 Å².